The van der Waals surface area contributed by atoms with E-state index in [4.69, 9.17) is 22.7 Å². The SMILES string of the molecule is COCc1ccccc1Nc1ccc(C(N)=S)cc1Br. The summed E-state index contributed by atoms with van der Waals surface area (Å²) in [7, 11) is 1.68. The molecule has 0 radical (unpaired) electrons. The molecule has 3 N–H and O–H groups in total. The largest absolute Gasteiger partial charge is 0.389 e. The van der Waals surface area contributed by atoms with E-state index >= 15 is 0 Å². The lowest BCUT2D eigenvalue weighted by Gasteiger charge is -2.13. The van der Waals surface area contributed by atoms with Crippen LogP contribution in [0.25, 0.3) is 0 Å². The minimum absolute atomic E-state index is 0.386. The summed E-state index contributed by atoms with van der Waals surface area (Å²) >= 11 is 8.50. The average Bonchev–Trinajstić information content (AvgIpc) is 2.43. The van der Waals surface area contributed by atoms with Crippen molar-refractivity contribution in [3.8, 4) is 0 Å². The first-order valence-corrected chi connectivity index (χ1v) is 7.25. The normalized spacial score (nSPS) is 10.3. The van der Waals surface area contributed by atoms with Gasteiger partial charge in [-0.15, -0.1) is 0 Å². The van der Waals surface area contributed by atoms with Crippen LogP contribution in [0.15, 0.2) is 46.9 Å². The van der Waals surface area contributed by atoms with Gasteiger partial charge in [-0.3, -0.25) is 0 Å². The van der Waals surface area contributed by atoms with Crippen molar-refractivity contribution in [3.63, 3.8) is 0 Å². The van der Waals surface area contributed by atoms with Gasteiger partial charge >= 0.3 is 0 Å². The fourth-order valence-electron chi connectivity index (χ4n) is 1.84. The molecule has 0 unspecified atom stereocenters. The summed E-state index contributed by atoms with van der Waals surface area (Å²) < 4.78 is 6.11. The van der Waals surface area contributed by atoms with Crippen LogP contribution >= 0.6 is 28.1 Å². The predicted octanol–water partition coefficient (Wildman–Crippen LogP) is 3.97. The lowest BCUT2D eigenvalue weighted by Crippen LogP contribution is -2.09. The highest BCUT2D eigenvalue weighted by atomic mass is 79.9. The van der Waals surface area contributed by atoms with E-state index in [0.717, 1.165) is 27.0 Å². The number of anilines is 2. The molecule has 0 saturated carbocycles. The van der Waals surface area contributed by atoms with Gasteiger partial charge < -0.3 is 15.8 Å². The molecule has 0 heterocycles. The minimum atomic E-state index is 0.386. The smallest absolute Gasteiger partial charge is 0.104 e. The summed E-state index contributed by atoms with van der Waals surface area (Å²) in [5.41, 5.74) is 9.52. The number of rotatable bonds is 5. The average molecular weight is 351 g/mol. The maximum atomic E-state index is 5.62. The molecule has 3 nitrogen and oxygen atoms in total. The van der Waals surface area contributed by atoms with Crippen LogP contribution in [0, 0.1) is 0 Å². The second-order valence-corrected chi connectivity index (χ2v) is 5.57. The lowest BCUT2D eigenvalue weighted by molar-refractivity contribution is 0.185. The van der Waals surface area contributed by atoms with Crippen LogP contribution in [-0.2, 0) is 11.3 Å². The molecule has 104 valence electrons. The first-order valence-electron chi connectivity index (χ1n) is 6.05. The molecular weight excluding hydrogens is 336 g/mol. The number of hydrogen-bond acceptors (Lipinski definition) is 3. The van der Waals surface area contributed by atoms with Gasteiger partial charge in [0.05, 0.1) is 12.3 Å². The van der Waals surface area contributed by atoms with Crippen molar-refractivity contribution in [2.75, 3.05) is 12.4 Å². The maximum absolute atomic E-state index is 5.62. The molecular formula is C15H15BrN2OS. The van der Waals surface area contributed by atoms with Gasteiger partial charge in [-0.2, -0.15) is 0 Å². The minimum Gasteiger partial charge on any atom is -0.389 e. The molecule has 0 saturated heterocycles. The zero-order chi connectivity index (χ0) is 14.5. The molecule has 0 aromatic heterocycles. The van der Waals surface area contributed by atoms with Gasteiger partial charge in [-0.1, -0.05) is 30.4 Å². The molecule has 0 bridgehead atoms. The Labute approximate surface area is 132 Å². The molecule has 20 heavy (non-hydrogen) atoms. The van der Waals surface area contributed by atoms with Crippen molar-refractivity contribution >= 4 is 44.5 Å². The van der Waals surface area contributed by atoms with Crippen molar-refractivity contribution in [1.82, 2.24) is 0 Å². The second kappa shape index (κ2) is 6.83. The molecule has 0 aliphatic rings. The number of benzene rings is 2. The number of nitrogens with one attached hydrogen (secondary N) is 1. The Balaban J connectivity index is 2.28. The van der Waals surface area contributed by atoms with E-state index in [1.807, 2.05) is 42.5 Å². The summed E-state index contributed by atoms with van der Waals surface area (Å²) in [4.78, 5) is 0.386. The Hall–Kier alpha value is -1.43. The third kappa shape index (κ3) is 3.56. The topological polar surface area (TPSA) is 47.3 Å². The molecule has 0 spiro atoms. The molecule has 5 heteroatoms. The Morgan fingerprint density at radius 3 is 2.65 bits per heavy atom. The van der Waals surface area contributed by atoms with E-state index in [2.05, 4.69) is 21.2 Å². The fourth-order valence-corrected chi connectivity index (χ4v) is 2.44. The first-order chi connectivity index (χ1) is 9.61. The Morgan fingerprint density at radius 1 is 1.25 bits per heavy atom. The standard InChI is InChI=1S/C15H15BrN2OS/c1-19-9-11-4-2-3-5-13(11)18-14-7-6-10(15(17)20)8-12(14)16/h2-8,18H,9H2,1H3,(H2,17,20). The number of halogens is 1. The predicted molar refractivity (Wildman–Crippen MR) is 90.5 cm³/mol. The van der Waals surface area contributed by atoms with E-state index in [9.17, 15) is 0 Å². The number of hydrogen-bond donors (Lipinski definition) is 2. The van der Waals surface area contributed by atoms with Crippen molar-refractivity contribution < 1.29 is 4.74 Å². The zero-order valence-electron chi connectivity index (χ0n) is 11.0. The van der Waals surface area contributed by atoms with Gasteiger partial charge in [0.25, 0.3) is 0 Å². The number of thiocarbonyl (C=S) groups is 1. The van der Waals surface area contributed by atoms with Crippen LogP contribution in [0.4, 0.5) is 11.4 Å². The van der Waals surface area contributed by atoms with Crippen LogP contribution in [0.5, 0.6) is 0 Å². The molecule has 0 fully saturated rings. The first kappa shape index (κ1) is 15.0. The van der Waals surface area contributed by atoms with Crippen LogP contribution < -0.4 is 11.1 Å². The summed E-state index contributed by atoms with van der Waals surface area (Å²) in [6.07, 6.45) is 0. The third-order valence-electron chi connectivity index (χ3n) is 2.84. The second-order valence-electron chi connectivity index (χ2n) is 4.27. The quantitative estimate of drug-likeness (QED) is 0.800. The van der Waals surface area contributed by atoms with E-state index in [-0.39, 0.29) is 0 Å². The van der Waals surface area contributed by atoms with E-state index in [1.165, 1.54) is 0 Å². The van der Waals surface area contributed by atoms with E-state index < -0.39 is 0 Å². The zero-order valence-corrected chi connectivity index (χ0v) is 13.4. The van der Waals surface area contributed by atoms with Gasteiger partial charge in [0.15, 0.2) is 0 Å². The van der Waals surface area contributed by atoms with Crippen molar-refractivity contribution in [2.24, 2.45) is 5.73 Å². The maximum Gasteiger partial charge on any atom is 0.104 e. The van der Waals surface area contributed by atoms with E-state index in [1.54, 1.807) is 7.11 Å². The van der Waals surface area contributed by atoms with Crippen molar-refractivity contribution in [1.29, 1.82) is 0 Å². The number of ether oxygens (including phenoxy) is 1. The van der Waals surface area contributed by atoms with Gasteiger partial charge in [0.2, 0.25) is 0 Å². The van der Waals surface area contributed by atoms with Crippen LogP contribution in [0.3, 0.4) is 0 Å². The van der Waals surface area contributed by atoms with Crippen LogP contribution in [0.1, 0.15) is 11.1 Å². The molecule has 0 atom stereocenters. The summed E-state index contributed by atoms with van der Waals surface area (Å²) in [6, 6.07) is 13.8. The fraction of sp³-hybridized carbons (Fsp3) is 0.133. The van der Waals surface area contributed by atoms with Gasteiger partial charge in [-0.25, -0.2) is 0 Å². The van der Waals surface area contributed by atoms with Crippen LogP contribution in [-0.4, -0.2) is 12.1 Å². The molecule has 0 aliphatic carbocycles. The Bertz CT molecular complexity index is 631. The molecule has 2 aromatic carbocycles. The summed E-state index contributed by atoms with van der Waals surface area (Å²) in [6.45, 7) is 0.561. The number of nitrogens with two attached hydrogens (primary N) is 1. The molecule has 2 aromatic rings. The van der Waals surface area contributed by atoms with Crippen molar-refractivity contribution in [3.05, 3.63) is 58.1 Å². The monoisotopic (exact) mass is 350 g/mol. The van der Waals surface area contributed by atoms with Gasteiger partial charge in [-0.05, 0) is 40.2 Å². The Morgan fingerprint density at radius 2 is 2.00 bits per heavy atom. The van der Waals surface area contributed by atoms with Gasteiger partial charge in [0, 0.05) is 28.4 Å². The molecule has 2 rings (SSSR count). The lowest BCUT2D eigenvalue weighted by atomic mass is 10.1. The molecule has 0 aliphatic heterocycles. The molecule has 0 amide bonds. The third-order valence-corrected chi connectivity index (χ3v) is 3.73. The van der Waals surface area contributed by atoms with Crippen LogP contribution in [0.2, 0.25) is 0 Å². The number of methoxy groups -OCH3 is 1. The highest BCUT2D eigenvalue weighted by Gasteiger charge is 2.06. The van der Waals surface area contributed by atoms with Crippen molar-refractivity contribution in [2.45, 2.75) is 6.61 Å². The number of para-hydroxylation sites is 1. The van der Waals surface area contributed by atoms with Gasteiger partial charge in [0.1, 0.15) is 4.99 Å². The summed E-state index contributed by atoms with van der Waals surface area (Å²) in [5.74, 6) is 0. The van der Waals surface area contributed by atoms with E-state index in [0.29, 0.717) is 11.6 Å². The Kier molecular flexibility index (Phi) is 5.11. The highest BCUT2D eigenvalue weighted by molar-refractivity contribution is 9.10. The summed E-state index contributed by atoms with van der Waals surface area (Å²) in [5, 5.41) is 3.38. The highest BCUT2D eigenvalue weighted by Crippen LogP contribution is 2.28.